The summed E-state index contributed by atoms with van der Waals surface area (Å²) >= 11 is 0. The van der Waals surface area contributed by atoms with Crippen molar-refractivity contribution in [1.29, 1.82) is 0 Å². The van der Waals surface area contributed by atoms with E-state index < -0.39 is 12.9 Å². The average Bonchev–Trinajstić information content (AvgIpc) is 3.07. The lowest BCUT2D eigenvalue weighted by molar-refractivity contribution is 0.280. The fraction of sp³-hybridized carbons (Fsp3) is 0.412. The molecule has 0 amide bonds. The Morgan fingerprint density at radius 2 is 2.24 bits per heavy atom. The molecule has 2 heterocycles. The topological polar surface area (TPSA) is 73.7 Å². The second-order valence-corrected chi connectivity index (χ2v) is 5.86. The molecule has 0 saturated carbocycles. The summed E-state index contributed by atoms with van der Waals surface area (Å²) in [5, 5.41) is 9.51. The summed E-state index contributed by atoms with van der Waals surface area (Å²) in [7, 11) is 0.682. The van der Waals surface area contributed by atoms with Crippen LogP contribution in [0.25, 0.3) is 11.3 Å². The van der Waals surface area contributed by atoms with Gasteiger partial charge in [-0.2, -0.15) is 0 Å². The monoisotopic (exact) mass is 346 g/mol. The normalized spacial score (nSPS) is 17.0. The molecule has 1 aromatic carbocycles. The predicted molar refractivity (Wildman–Crippen MR) is 91.2 cm³/mol. The minimum Gasteiger partial charge on any atom is -0.493 e. The fourth-order valence-electron chi connectivity index (χ4n) is 2.76. The van der Waals surface area contributed by atoms with Crippen LogP contribution >= 0.6 is 0 Å². The first kappa shape index (κ1) is 17.6. The Morgan fingerprint density at radius 3 is 2.92 bits per heavy atom. The van der Waals surface area contributed by atoms with Gasteiger partial charge in [-0.05, 0) is 24.9 Å². The predicted octanol–water partition coefficient (Wildman–Crippen LogP) is 2.67. The zero-order valence-electron chi connectivity index (χ0n) is 14.2. The molecule has 8 heteroatoms. The van der Waals surface area contributed by atoms with Gasteiger partial charge in [0, 0.05) is 24.3 Å². The Kier molecular flexibility index (Phi) is 5.50. The Balaban J connectivity index is 1.96. The van der Waals surface area contributed by atoms with Gasteiger partial charge < -0.3 is 19.2 Å². The molecular formula is C17H20BFN2O4. The second kappa shape index (κ2) is 7.80. The second-order valence-electron chi connectivity index (χ2n) is 5.86. The number of halogens is 1. The molecule has 0 radical (unpaired) electrons. The SMILES string of the molecule is CCCOc1c(OC)ccc(-c2cncc([C@@H]3COB(O)C3)n2)c1F. The van der Waals surface area contributed by atoms with Crippen LogP contribution in [-0.2, 0) is 4.65 Å². The lowest BCUT2D eigenvalue weighted by Crippen LogP contribution is -2.08. The number of benzene rings is 1. The van der Waals surface area contributed by atoms with Crippen LogP contribution in [0.3, 0.4) is 0 Å². The molecule has 25 heavy (non-hydrogen) atoms. The molecule has 132 valence electrons. The van der Waals surface area contributed by atoms with Crippen molar-refractivity contribution < 1.29 is 23.5 Å². The lowest BCUT2D eigenvalue weighted by atomic mass is 9.81. The van der Waals surface area contributed by atoms with Crippen molar-refractivity contribution in [1.82, 2.24) is 9.97 Å². The molecule has 0 unspecified atom stereocenters. The van der Waals surface area contributed by atoms with Gasteiger partial charge in [0.1, 0.15) is 0 Å². The number of aromatic nitrogens is 2. The molecule has 1 N–H and O–H groups in total. The highest BCUT2D eigenvalue weighted by atomic mass is 19.1. The van der Waals surface area contributed by atoms with Crippen molar-refractivity contribution in [2.75, 3.05) is 20.3 Å². The maximum Gasteiger partial charge on any atom is 0.454 e. The van der Waals surface area contributed by atoms with Crippen LogP contribution in [0, 0.1) is 5.82 Å². The number of rotatable bonds is 6. The zero-order chi connectivity index (χ0) is 17.8. The fourth-order valence-corrected chi connectivity index (χ4v) is 2.76. The molecule has 1 aromatic heterocycles. The molecular weight excluding hydrogens is 326 g/mol. The first-order valence-corrected chi connectivity index (χ1v) is 8.25. The number of nitrogens with zero attached hydrogens (tertiary/aromatic N) is 2. The van der Waals surface area contributed by atoms with Crippen molar-refractivity contribution in [2.24, 2.45) is 0 Å². The Bertz CT molecular complexity index is 747. The van der Waals surface area contributed by atoms with Gasteiger partial charge >= 0.3 is 7.12 Å². The third-order valence-corrected chi connectivity index (χ3v) is 4.05. The van der Waals surface area contributed by atoms with Crippen LogP contribution in [0.1, 0.15) is 25.0 Å². The quantitative estimate of drug-likeness (QED) is 0.811. The third-order valence-electron chi connectivity index (χ3n) is 4.05. The molecule has 1 aliphatic heterocycles. The molecule has 0 bridgehead atoms. The highest BCUT2D eigenvalue weighted by Gasteiger charge is 2.31. The Hall–Kier alpha value is -2.19. The van der Waals surface area contributed by atoms with Crippen LogP contribution in [0.5, 0.6) is 11.5 Å². The van der Waals surface area contributed by atoms with E-state index in [0.717, 1.165) is 6.42 Å². The molecule has 1 fully saturated rings. The number of hydrogen-bond acceptors (Lipinski definition) is 6. The maximum absolute atomic E-state index is 15.0. The van der Waals surface area contributed by atoms with Gasteiger partial charge in [0.05, 0.1) is 31.3 Å². The van der Waals surface area contributed by atoms with Crippen LogP contribution in [-0.4, -0.2) is 42.4 Å². The van der Waals surface area contributed by atoms with Crippen LogP contribution in [0.2, 0.25) is 6.32 Å². The Morgan fingerprint density at radius 1 is 1.40 bits per heavy atom. The third kappa shape index (κ3) is 3.75. The van der Waals surface area contributed by atoms with E-state index in [1.807, 2.05) is 6.92 Å². The van der Waals surface area contributed by atoms with Crippen LogP contribution < -0.4 is 9.47 Å². The van der Waals surface area contributed by atoms with E-state index in [-0.39, 0.29) is 11.7 Å². The number of methoxy groups -OCH3 is 1. The van der Waals surface area contributed by atoms with E-state index in [1.54, 1.807) is 18.3 Å². The van der Waals surface area contributed by atoms with E-state index in [9.17, 15) is 9.41 Å². The summed E-state index contributed by atoms with van der Waals surface area (Å²) in [6.45, 7) is 2.70. The summed E-state index contributed by atoms with van der Waals surface area (Å²) in [5.41, 5.74) is 1.36. The molecule has 3 rings (SSSR count). The summed E-state index contributed by atoms with van der Waals surface area (Å²) < 4.78 is 30.8. The van der Waals surface area contributed by atoms with Crippen molar-refractivity contribution in [3.05, 3.63) is 36.0 Å². The van der Waals surface area contributed by atoms with Crippen LogP contribution in [0.4, 0.5) is 4.39 Å². The van der Waals surface area contributed by atoms with Gasteiger partial charge in [-0.25, -0.2) is 9.37 Å². The highest BCUT2D eigenvalue weighted by molar-refractivity contribution is 6.43. The number of ether oxygens (including phenoxy) is 2. The minimum atomic E-state index is -0.790. The first-order valence-electron chi connectivity index (χ1n) is 8.25. The number of hydrogen-bond donors (Lipinski definition) is 1. The van der Waals surface area contributed by atoms with Crippen molar-refractivity contribution in [2.45, 2.75) is 25.6 Å². The molecule has 1 saturated heterocycles. The Labute approximate surface area is 146 Å². The maximum atomic E-state index is 15.0. The molecule has 6 nitrogen and oxygen atoms in total. The molecule has 0 spiro atoms. The smallest absolute Gasteiger partial charge is 0.454 e. The van der Waals surface area contributed by atoms with Crippen molar-refractivity contribution >= 4 is 7.12 Å². The van der Waals surface area contributed by atoms with E-state index in [0.29, 0.717) is 42.2 Å². The van der Waals surface area contributed by atoms with Gasteiger partial charge in [0.2, 0.25) is 0 Å². The lowest BCUT2D eigenvalue weighted by Gasteiger charge is -2.14. The van der Waals surface area contributed by atoms with E-state index in [2.05, 4.69) is 9.97 Å². The minimum absolute atomic E-state index is 0.0560. The van der Waals surface area contributed by atoms with Crippen LogP contribution in [0.15, 0.2) is 24.5 Å². The summed E-state index contributed by atoms with van der Waals surface area (Å²) in [6.07, 6.45) is 4.33. The molecule has 0 aliphatic carbocycles. The molecule has 1 atom stereocenters. The molecule has 1 aliphatic rings. The van der Waals surface area contributed by atoms with Crippen molar-refractivity contribution in [3.63, 3.8) is 0 Å². The summed E-state index contributed by atoms with van der Waals surface area (Å²) in [5.74, 6) is -0.165. The van der Waals surface area contributed by atoms with Crippen molar-refractivity contribution in [3.8, 4) is 22.8 Å². The summed E-state index contributed by atoms with van der Waals surface area (Å²) in [6, 6.07) is 3.25. The summed E-state index contributed by atoms with van der Waals surface area (Å²) in [4.78, 5) is 8.67. The van der Waals surface area contributed by atoms with Gasteiger partial charge in [0.15, 0.2) is 17.3 Å². The van der Waals surface area contributed by atoms with Gasteiger partial charge in [-0.1, -0.05) is 6.92 Å². The van der Waals surface area contributed by atoms with E-state index in [1.165, 1.54) is 13.3 Å². The van der Waals surface area contributed by atoms with Gasteiger partial charge in [0.25, 0.3) is 0 Å². The van der Waals surface area contributed by atoms with Gasteiger partial charge in [-0.3, -0.25) is 4.98 Å². The average molecular weight is 346 g/mol. The van der Waals surface area contributed by atoms with Gasteiger partial charge in [-0.15, -0.1) is 0 Å². The zero-order valence-corrected chi connectivity index (χ0v) is 14.2. The first-order chi connectivity index (χ1) is 12.1. The largest absolute Gasteiger partial charge is 0.493 e. The standard InChI is InChI=1S/C17H20BFN2O4/c1-3-6-24-17-15(23-2)5-4-12(16(17)19)14-9-20-8-13(21-14)11-7-18(22)25-10-11/h4-5,8-9,11,22H,3,6-7,10H2,1-2H3/t11-/m0/s1. The molecule has 2 aromatic rings. The van der Waals surface area contributed by atoms with E-state index in [4.69, 9.17) is 14.1 Å². The van der Waals surface area contributed by atoms with E-state index >= 15 is 0 Å². The highest BCUT2D eigenvalue weighted by Crippen LogP contribution is 2.37.